The van der Waals surface area contributed by atoms with Crippen molar-refractivity contribution in [2.24, 2.45) is 0 Å². The van der Waals surface area contributed by atoms with Crippen LogP contribution in [-0.2, 0) is 0 Å². The number of hydrogen-bond donors (Lipinski definition) is 0. The Labute approximate surface area is 96.2 Å². The van der Waals surface area contributed by atoms with Gasteiger partial charge in [0.1, 0.15) is 0 Å². The van der Waals surface area contributed by atoms with Crippen LogP contribution in [0, 0.1) is 6.92 Å². The molecule has 5 heteroatoms. The molecular formula is C11H10ClF3O. The Balaban J connectivity index is 2.78. The average Bonchev–Trinajstić information content (AvgIpc) is 2.17. The summed E-state index contributed by atoms with van der Waals surface area (Å²) < 4.78 is 35.8. The van der Waals surface area contributed by atoms with Crippen molar-refractivity contribution < 1.29 is 18.0 Å². The number of aryl methyl sites for hydroxylation is 1. The van der Waals surface area contributed by atoms with Gasteiger partial charge in [0, 0.05) is 12.0 Å². The summed E-state index contributed by atoms with van der Waals surface area (Å²) in [6, 6.07) is 4.74. The van der Waals surface area contributed by atoms with Crippen molar-refractivity contribution in [3.63, 3.8) is 0 Å². The van der Waals surface area contributed by atoms with E-state index in [0.717, 1.165) is 0 Å². The zero-order chi connectivity index (χ0) is 12.3. The van der Waals surface area contributed by atoms with Gasteiger partial charge in [-0.1, -0.05) is 23.7 Å². The van der Waals surface area contributed by atoms with Gasteiger partial charge < -0.3 is 0 Å². The van der Waals surface area contributed by atoms with E-state index in [9.17, 15) is 18.0 Å². The topological polar surface area (TPSA) is 17.1 Å². The highest BCUT2D eigenvalue weighted by Gasteiger charge is 2.28. The van der Waals surface area contributed by atoms with Crippen LogP contribution in [0.5, 0.6) is 0 Å². The molecule has 0 spiro atoms. The van der Waals surface area contributed by atoms with Crippen LogP contribution in [0.1, 0.15) is 28.8 Å². The van der Waals surface area contributed by atoms with Crippen molar-refractivity contribution in [2.45, 2.75) is 25.9 Å². The third-order valence-electron chi connectivity index (χ3n) is 2.13. The highest BCUT2D eigenvalue weighted by molar-refractivity contribution is 6.34. The normalized spacial score (nSPS) is 11.6. The smallest absolute Gasteiger partial charge is 0.294 e. The first-order valence-corrected chi connectivity index (χ1v) is 5.04. The first kappa shape index (κ1) is 13.0. The second-order valence-corrected chi connectivity index (χ2v) is 3.85. The van der Waals surface area contributed by atoms with E-state index < -0.39 is 24.8 Å². The van der Waals surface area contributed by atoms with Crippen molar-refractivity contribution in [3.05, 3.63) is 34.3 Å². The Hall–Kier alpha value is -1.03. The van der Waals surface area contributed by atoms with Crippen LogP contribution in [0.2, 0.25) is 5.02 Å². The Kier molecular flexibility index (Phi) is 3.97. The molecule has 0 saturated heterocycles. The first-order chi connectivity index (χ1) is 7.31. The number of hydrogen-bond acceptors (Lipinski definition) is 1. The molecule has 0 aliphatic carbocycles. The van der Waals surface area contributed by atoms with E-state index in [0.29, 0.717) is 5.56 Å². The van der Waals surface area contributed by atoms with E-state index in [2.05, 4.69) is 0 Å². The summed E-state index contributed by atoms with van der Waals surface area (Å²) in [5.74, 6) is -0.578. The van der Waals surface area contributed by atoms with Crippen molar-refractivity contribution in [1.82, 2.24) is 0 Å². The number of carbonyl (C=O) groups excluding carboxylic acids is 1. The quantitative estimate of drug-likeness (QED) is 0.736. The van der Waals surface area contributed by atoms with Crippen molar-refractivity contribution in [2.75, 3.05) is 0 Å². The lowest BCUT2D eigenvalue weighted by molar-refractivity contribution is -0.133. The summed E-state index contributed by atoms with van der Waals surface area (Å²) in [5.41, 5.74) is 0.838. The Morgan fingerprint density at radius 3 is 2.56 bits per heavy atom. The minimum atomic E-state index is -4.31. The summed E-state index contributed by atoms with van der Waals surface area (Å²) in [5, 5.41) is 0.231. The van der Waals surface area contributed by atoms with Crippen molar-refractivity contribution in [3.8, 4) is 0 Å². The molecule has 1 nitrogen and oxygen atoms in total. The Bertz CT molecular complexity index is 399. The van der Waals surface area contributed by atoms with Gasteiger partial charge in [-0.25, -0.2) is 0 Å². The second kappa shape index (κ2) is 4.87. The minimum Gasteiger partial charge on any atom is -0.294 e. The highest BCUT2D eigenvalue weighted by Crippen LogP contribution is 2.26. The molecule has 1 rings (SSSR count). The molecule has 0 aromatic heterocycles. The van der Waals surface area contributed by atoms with Crippen molar-refractivity contribution in [1.29, 1.82) is 0 Å². The van der Waals surface area contributed by atoms with E-state index in [1.54, 1.807) is 19.1 Å². The maximum atomic E-state index is 11.9. The fourth-order valence-corrected chi connectivity index (χ4v) is 1.48. The molecule has 1 aromatic rings. The Morgan fingerprint density at radius 2 is 2.00 bits per heavy atom. The lowest BCUT2D eigenvalue weighted by Crippen LogP contribution is -2.11. The van der Waals surface area contributed by atoms with E-state index in [4.69, 9.17) is 11.6 Å². The number of carbonyl (C=O) groups is 1. The van der Waals surface area contributed by atoms with Gasteiger partial charge in [0.05, 0.1) is 11.4 Å². The SMILES string of the molecule is Cc1cccc(C(=O)CCC(F)(F)F)c1Cl. The van der Waals surface area contributed by atoms with Gasteiger partial charge in [-0.15, -0.1) is 0 Å². The largest absolute Gasteiger partial charge is 0.389 e. The van der Waals surface area contributed by atoms with Crippen LogP contribution in [0.3, 0.4) is 0 Å². The molecule has 0 amide bonds. The number of alkyl halides is 3. The van der Waals surface area contributed by atoms with Crippen LogP contribution in [-0.4, -0.2) is 12.0 Å². The molecule has 0 aliphatic heterocycles. The summed E-state index contributed by atoms with van der Waals surface area (Å²) in [7, 11) is 0. The van der Waals surface area contributed by atoms with Gasteiger partial charge in [-0.05, 0) is 18.6 Å². The number of halogens is 4. The molecular weight excluding hydrogens is 241 g/mol. The lowest BCUT2D eigenvalue weighted by Gasteiger charge is -2.07. The molecule has 1 aromatic carbocycles. The molecule has 0 saturated carbocycles. The summed E-state index contributed by atoms with van der Waals surface area (Å²) in [6.07, 6.45) is -5.99. The predicted molar refractivity (Wildman–Crippen MR) is 55.8 cm³/mol. The van der Waals surface area contributed by atoms with Crippen LogP contribution in [0.25, 0.3) is 0 Å². The molecule has 0 radical (unpaired) electrons. The molecule has 0 aliphatic rings. The molecule has 0 bridgehead atoms. The van der Waals surface area contributed by atoms with Crippen LogP contribution in [0.4, 0.5) is 13.2 Å². The van der Waals surface area contributed by atoms with Gasteiger partial charge in [-0.2, -0.15) is 13.2 Å². The molecule has 0 heterocycles. The van der Waals surface area contributed by atoms with E-state index in [1.165, 1.54) is 6.07 Å². The first-order valence-electron chi connectivity index (χ1n) is 4.66. The second-order valence-electron chi connectivity index (χ2n) is 3.47. The molecule has 0 unspecified atom stereocenters. The molecule has 16 heavy (non-hydrogen) atoms. The van der Waals surface area contributed by atoms with Gasteiger partial charge >= 0.3 is 6.18 Å². The number of ketones is 1. The van der Waals surface area contributed by atoms with Crippen molar-refractivity contribution >= 4 is 17.4 Å². The maximum Gasteiger partial charge on any atom is 0.389 e. The monoisotopic (exact) mass is 250 g/mol. The van der Waals surface area contributed by atoms with Gasteiger partial charge in [0.15, 0.2) is 5.78 Å². The molecule has 0 fully saturated rings. The van der Waals surface area contributed by atoms with E-state index in [1.807, 2.05) is 0 Å². The van der Waals surface area contributed by atoms with Gasteiger partial charge in [0.25, 0.3) is 0 Å². The average molecular weight is 251 g/mol. The van der Waals surface area contributed by atoms with Crippen LogP contribution >= 0.6 is 11.6 Å². The summed E-state index contributed by atoms with van der Waals surface area (Å²) >= 11 is 5.84. The number of rotatable bonds is 3. The number of benzene rings is 1. The van der Waals surface area contributed by atoms with E-state index >= 15 is 0 Å². The molecule has 0 atom stereocenters. The fraction of sp³-hybridized carbons (Fsp3) is 0.364. The summed E-state index contributed by atoms with van der Waals surface area (Å²) in [4.78, 5) is 11.5. The fourth-order valence-electron chi connectivity index (χ4n) is 1.25. The van der Waals surface area contributed by atoms with Gasteiger partial charge in [-0.3, -0.25) is 4.79 Å². The predicted octanol–water partition coefficient (Wildman–Crippen LogP) is 4.17. The Morgan fingerprint density at radius 1 is 1.38 bits per heavy atom. The minimum absolute atomic E-state index is 0.158. The molecule has 88 valence electrons. The zero-order valence-electron chi connectivity index (χ0n) is 8.57. The lowest BCUT2D eigenvalue weighted by atomic mass is 10.0. The zero-order valence-corrected chi connectivity index (χ0v) is 9.32. The number of Topliss-reactive ketones (excluding diaryl/α,β-unsaturated/α-hetero) is 1. The standard InChI is InChI=1S/C11H10ClF3O/c1-7-3-2-4-8(10(7)12)9(16)5-6-11(13,14)15/h2-4H,5-6H2,1H3. The van der Waals surface area contributed by atoms with Crippen LogP contribution < -0.4 is 0 Å². The highest BCUT2D eigenvalue weighted by atomic mass is 35.5. The van der Waals surface area contributed by atoms with Crippen LogP contribution in [0.15, 0.2) is 18.2 Å². The third kappa shape index (κ3) is 3.52. The van der Waals surface area contributed by atoms with Gasteiger partial charge in [0.2, 0.25) is 0 Å². The maximum absolute atomic E-state index is 11.9. The van der Waals surface area contributed by atoms with E-state index in [-0.39, 0.29) is 10.6 Å². The molecule has 0 N–H and O–H groups in total. The summed E-state index contributed by atoms with van der Waals surface area (Å²) in [6.45, 7) is 1.70. The third-order valence-corrected chi connectivity index (χ3v) is 2.63.